The van der Waals surface area contributed by atoms with E-state index in [0.29, 0.717) is 16.9 Å². The van der Waals surface area contributed by atoms with Gasteiger partial charge in [-0.3, -0.25) is 14.9 Å². The van der Waals surface area contributed by atoms with Gasteiger partial charge in [0.2, 0.25) is 0 Å². The van der Waals surface area contributed by atoms with E-state index in [1.807, 2.05) is 0 Å². The molecule has 0 heterocycles. The minimum Gasteiger partial charge on any atom is -0.507 e. The molecule has 0 atom stereocenters. The van der Waals surface area contributed by atoms with E-state index in [-0.39, 0.29) is 17.2 Å². The van der Waals surface area contributed by atoms with Gasteiger partial charge in [-0.25, -0.2) is 5.43 Å². The Hall–Kier alpha value is -3.62. The van der Waals surface area contributed by atoms with Crippen molar-refractivity contribution in [2.75, 3.05) is 13.7 Å². The zero-order valence-electron chi connectivity index (χ0n) is 14.1. The van der Waals surface area contributed by atoms with Crippen molar-refractivity contribution in [1.82, 2.24) is 5.43 Å². The van der Waals surface area contributed by atoms with Crippen molar-refractivity contribution in [1.29, 1.82) is 0 Å². The molecule has 0 saturated heterocycles. The van der Waals surface area contributed by atoms with Crippen molar-refractivity contribution < 1.29 is 24.3 Å². The van der Waals surface area contributed by atoms with Crippen LogP contribution in [0.3, 0.4) is 0 Å². The molecule has 0 bridgehead atoms. The molecule has 9 nitrogen and oxygen atoms in total. The van der Waals surface area contributed by atoms with Crippen LogP contribution in [0.4, 0.5) is 5.69 Å². The minimum absolute atomic E-state index is 0.00910. The van der Waals surface area contributed by atoms with Crippen LogP contribution in [0, 0.1) is 17.0 Å². The third kappa shape index (κ3) is 4.94. The number of aryl methyl sites for hydroxylation is 1. The second-order valence-electron chi connectivity index (χ2n) is 5.23. The normalized spacial score (nSPS) is 10.5. The van der Waals surface area contributed by atoms with Crippen molar-refractivity contribution in [3.05, 3.63) is 57.6 Å². The molecule has 26 heavy (non-hydrogen) atoms. The van der Waals surface area contributed by atoms with Crippen molar-refractivity contribution in [3.8, 4) is 17.2 Å². The largest absolute Gasteiger partial charge is 0.507 e. The Bertz CT molecular complexity index is 850. The summed E-state index contributed by atoms with van der Waals surface area (Å²) in [6, 6.07) is 8.98. The summed E-state index contributed by atoms with van der Waals surface area (Å²) in [4.78, 5) is 22.2. The number of phenols is 1. The number of ether oxygens (including phenoxy) is 2. The van der Waals surface area contributed by atoms with Gasteiger partial charge in [0.15, 0.2) is 12.4 Å². The maximum Gasteiger partial charge on any atom is 0.311 e. The van der Waals surface area contributed by atoms with Crippen molar-refractivity contribution in [2.24, 2.45) is 5.10 Å². The highest BCUT2D eigenvalue weighted by molar-refractivity contribution is 5.86. The van der Waals surface area contributed by atoms with Crippen LogP contribution in [0.15, 0.2) is 41.5 Å². The highest BCUT2D eigenvalue weighted by atomic mass is 16.6. The lowest BCUT2D eigenvalue weighted by Gasteiger charge is -2.06. The number of benzene rings is 2. The Morgan fingerprint density at radius 2 is 2.12 bits per heavy atom. The molecule has 0 fully saturated rings. The van der Waals surface area contributed by atoms with Crippen LogP contribution in [0.5, 0.6) is 17.2 Å². The molecular weight excluding hydrogens is 342 g/mol. The lowest BCUT2D eigenvalue weighted by molar-refractivity contribution is -0.385. The first-order valence-electron chi connectivity index (χ1n) is 7.47. The number of rotatable bonds is 7. The number of nitro benzene ring substituents is 1. The van der Waals surface area contributed by atoms with Gasteiger partial charge in [0.1, 0.15) is 11.5 Å². The molecule has 9 heteroatoms. The van der Waals surface area contributed by atoms with E-state index in [1.54, 1.807) is 19.1 Å². The molecular formula is C17H17N3O6. The first kappa shape index (κ1) is 18.7. The molecule has 0 aliphatic rings. The molecule has 1 amide bonds. The molecule has 0 aromatic heterocycles. The van der Waals surface area contributed by atoms with Gasteiger partial charge in [-0.1, -0.05) is 6.07 Å². The van der Waals surface area contributed by atoms with E-state index in [9.17, 15) is 20.0 Å². The average Bonchev–Trinajstić information content (AvgIpc) is 2.62. The number of amides is 1. The molecule has 0 saturated carbocycles. The summed E-state index contributed by atoms with van der Waals surface area (Å²) >= 11 is 0. The quantitative estimate of drug-likeness (QED) is 0.443. The summed E-state index contributed by atoms with van der Waals surface area (Å²) in [5.41, 5.74) is 3.04. The number of phenolic OH excluding ortho intramolecular Hbond substituents is 1. The number of carbonyl (C=O) groups excluding carboxylic acids is 1. The lowest BCUT2D eigenvalue weighted by Crippen LogP contribution is -2.24. The molecule has 136 valence electrons. The zero-order chi connectivity index (χ0) is 19.1. The van der Waals surface area contributed by atoms with Crippen LogP contribution in [0.1, 0.15) is 11.1 Å². The predicted molar refractivity (Wildman–Crippen MR) is 93.7 cm³/mol. The van der Waals surface area contributed by atoms with E-state index < -0.39 is 17.4 Å². The number of nitrogens with one attached hydrogen (secondary N) is 1. The first-order valence-corrected chi connectivity index (χ1v) is 7.47. The van der Waals surface area contributed by atoms with Crippen LogP contribution in [0.2, 0.25) is 0 Å². The Kier molecular flexibility index (Phi) is 6.10. The highest BCUT2D eigenvalue weighted by Crippen LogP contribution is 2.27. The van der Waals surface area contributed by atoms with Crippen molar-refractivity contribution in [2.45, 2.75) is 6.92 Å². The van der Waals surface area contributed by atoms with Crippen molar-refractivity contribution in [3.63, 3.8) is 0 Å². The second kappa shape index (κ2) is 8.47. The minimum atomic E-state index is -0.612. The molecule has 0 aliphatic heterocycles. The van der Waals surface area contributed by atoms with E-state index in [4.69, 9.17) is 9.47 Å². The van der Waals surface area contributed by atoms with E-state index in [0.717, 1.165) is 0 Å². The fraction of sp³-hybridized carbons (Fsp3) is 0.176. The molecule has 2 rings (SSSR count). The monoisotopic (exact) mass is 359 g/mol. The Balaban J connectivity index is 1.95. The van der Waals surface area contributed by atoms with E-state index in [2.05, 4.69) is 10.5 Å². The van der Waals surface area contributed by atoms with E-state index >= 15 is 0 Å². The van der Waals surface area contributed by atoms with Gasteiger partial charge < -0.3 is 14.6 Å². The zero-order valence-corrected chi connectivity index (χ0v) is 14.1. The molecule has 0 unspecified atom stereocenters. The third-order valence-corrected chi connectivity index (χ3v) is 3.30. The number of methoxy groups -OCH3 is 1. The second-order valence-corrected chi connectivity index (χ2v) is 5.23. The van der Waals surface area contributed by atoms with Crippen LogP contribution in [-0.4, -0.2) is 35.9 Å². The van der Waals surface area contributed by atoms with Gasteiger partial charge >= 0.3 is 5.69 Å². The first-order chi connectivity index (χ1) is 12.4. The smallest absolute Gasteiger partial charge is 0.311 e. The van der Waals surface area contributed by atoms with Crippen LogP contribution in [-0.2, 0) is 4.79 Å². The number of aromatic hydroxyl groups is 1. The Labute approximate surface area is 149 Å². The summed E-state index contributed by atoms with van der Waals surface area (Å²) in [6.45, 7) is 1.26. The fourth-order valence-corrected chi connectivity index (χ4v) is 2.00. The average molecular weight is 359 g/mol. The summed E-state index contributed by atoms with van der Waals surface area (Å²) in [5, 5.41) is 24.4. The molecule has 0 radical (unpaired) electrons. The van der Waals surface area contributed by atoms with Crippen LogP contribution < -0.4 is 14.9 Å². The Morgan fingerprint density at radius 3 is 2.81 bits per heavy atom. The third-order valence-electron chi connectivity index (χ3n) is 3.30. The maximum atomic E-state index is 11.8. The van der Waals surface area contributed by atoms with Crippen molar-refractivity contribution >= 4 is 17.8 Å². The van der Waals surface area contributed by atoms with Gasteiger partial charge in [-0.05, 0) is 36.8 Å². The van der Waals surface area contributed by atoms with Crippen LogP contribution >= 0.6 is 0 Å². The number of hydrogen-bond donors (Lipinski definition) is 2. The standard InChI is InChI=1S/C17H17N3O6/c1-11-3-6-16(14(7-11)20(23)24)26-10-17(22)19-18-9-12-8-13(25-2)4-5-15(12)21/h3-9,21H,10H2,1-2H3,(H,19,22)/b18-9+. The molecule has 2 aromatic carbocycles. The summed E-state index contributed by atoms with van der Waals surface area (Å²) in [6.07, 6.45) is 1.24. The number of carbonyl (C=O) groups is 1. The molecule has 0 aliphatic carbocycles. The predicted octanol–water partition coefficient (Wildman–Crippen LogP) is 2.15. The van der Waals surface area contributed by atoms with Gasteiger partial charge in [0.05, 0.1) is 18.2 Å². The molecule has 2 N–H and O–H groups in total. The van der Waals surface area contributed by atoms with Crippen LogP contribution in [0.25, 0.3) is 0 Å². The number of hydrazone groups is 1. The fourth-order valence-electron chi connectivity index (χ4n) is 2.00. The van der Waals surface area contributed by atoms with Gasteiger partial charge in [0.25, 0.3) is 5.91 Å². The van der Waals surface area contributed by atoms with Gasteiger partial charge in [-0.2, -0.15) is 5.10 Å². The summed E-state index contributed by atoms with van der Waals surface area (Å²) in [7, 11) is 1.48. The number of hydrogen-bond acceptors (Lipinski definition) is 7. The number of nitro groups is 1. The topological polar surface area (TPSA) is 123 Å². The van der Waals surface area contributed by atoms with E-state index in [1.165, 1.54) is 37.6 Å². The SMILES string of the molecule is COc1ccc(O)c(/C=N/NC(=O)COc2ccc(C)cc2[N+](=O)[O-])c1. The van der Waals surface area contributed by atoms with Gasteiger partial charge in [-0.15, -0.1) is 0 Å². The molecule has 0 spiro atoms. The summed E-state index contributed by atoms with van der Waals surface area (Å²) < 4.78 is 10.2. The number of nitrogens with zero attached hydrogens (tertiary/aromatic N) is 2. The Morgan fingerprint density at radius 1 is 1.35 bits per heavy atom. The highest BCUT2D eigenvalue weighted by Gasteiger charge is 2.16. The lowest BCUT2D eigenvalue weighted by atomic mass is 10.2. The van der Waals surface area contributed by atoms with Gasteiger partial charge in [0, 0.05) is 11.6 Å². The maximum absolute atomic E-state index is 11.8. The molecule has 2 aromatic rings. The summed E-state index contributed by atoms with van der Waals surface area (Å²) in [5.74, 6) is -0.135.